The summed E-state index contributed by atoms with van der Waals surface area (Å²) < 4.78 is 72.1. The molecule has 0 saturated heterocycles. The molecule has 10 heteroatoms. The van der Waals surface area contributed by atoms with E-state index in [1.54, 1.807) is 24.3 Å². The predicted molar refractivity (Wildman–Crippen MR) is 129 cm³/mol. The summed E-state index contributed by atoms with van der Waals surface area (Å²) in [7, 11) is 0. The van der Waals surface area contributed by atoms with Gasteiger partial charge < -0.3 is 10.1 Å². The zero-order chi connectivity index (χ0) is 26.6. The second-order valence-corrected chi connectivity index (χ2v) is 9.53. The molecular formula is C27H24ClF5N2O2. The molecule has 0 bridgehead atoms. The van der Waals surface area contributed by atoms with Crippen LogP contribution in [0.1, 0.15) is 36.1 Å². The van der Waals surface area contributed by atoms with Gasteiger partial charge in [-0.25, -0.2) is 4.39 Å². The molecule has 4 nitrogen and oxygen atoms in total. The number of nitrogens with zero attached hydrogens (tertiary/aromatic N) is 1. The molecule has 1 amide bonds. The molecule has 1 N–H and O–H groups in total. The average Bonchev–Trinajstić information content (AvgIpc) is 2.81. The Balaban J connectivity index is 1.85. The van der Waals surface area contributed by atoms with E-state index in [4.69, 9.17) is 11.6 Å². The van der Waals surface area contributed by atoms with Gasteiger partial charge in [0.05, 0.1) is 16.1 Å². The molecule has 3 aromatic rings. The molecule has 1 heterocycles. The van der Waals surface area contributed by atoms with Crippen molar-refractivity contribution in [3.63, 3.8) is 0 Å². The molecule has 1 saturated carbocycles. The molecule has 37 heavy (non-hydrogen) atoms. The van der Waals surface area contributed by atoms with Crippen LogP contribution in [0.2, 0.25) is 5.02 Å². The van der Waals surface area contributed by atoms with Crippen molar-refractivity contribution in [3.05, 3.63) is 94.5 Å². The number of aromatic nitrogens is 1. The van der Waals surface area contributed by atoms with Crippen molar-refractivity contribution in [2.75, 3.05) is 6.54 Å². The Labute approximate surface area is 215 Å². The number of alkyl halides is 4. The van der Waals surface area contributed by atoms with E-state index in [9.17, 15) is 26.7 Å². The van der Waals surface area contributed by atoms with Gasteiger partial charge in [-0.15, -0.1) is 0 Å². The number of pyridine rings is 1. The minimum absolute atomic E-state index is 0.0695. The van der Waals surface area contributed by atoms with E-state index in [0.717, 1.165) is 37.0 Å². The van der Waals surface area contributed by atoms with Crippen LogP contribution in [-0.2, 0) is 16.6 Å². The van der Waals surface area contributed by atoms with Crippen LogP contribution in [0.4, 0.5) is 22.0 Å². The van der Waals surface area contributed by atoms with Gasteiger partial charge in [0.15, 0.2) is 0 Å². The Morgan fingerprint density at radius 3 is 2.43 bits per heavy atom. The number of rotatable bonds is 10. The van der Waals surface area contributed by atoms with Gasteiger partial charge in [-0.2, -0.15) is 17.6 Å². The topological polar surface area (TPSA) is 51.2 Å². The summed E-state index contributed by atoms with van der Waals surface area (Å²) in [5.41, 5.74) is -0.0279. The lowest BCUT2D eigenvalue weighted by atomic mass is 9.72. The quantitative estimate of drug-likeness (QED) is 0.298. The molecule has 1 fully saturated rings. The summed E-state index contributed by atoms with van der Waals surface area (Å²) in [5, 5.41) is 3.25. The van der Waals surface area contributed by atoms with Crippen LogP contribution in [0.15, 0.2) is 66.9 Å². The van der Waals surface area contributed by atoms with E-state index in [-0.39, 0.29) is 30.4 Å². The maximum Gasteiger partial charge on any atom is 0.461 e. The highest BCUT2D eigenvalue weighted by Crippen LogP contribution is 2.39. The first-order valence-electron chi connectivity index (χ1n) is 11.7. The Hall–Kier alpha value is -3.20. The van der Waals surface area contributed by atoms with Crippen LogP contribution >= 0.6 is 11.6 Å². The second kappa shape index (κ2) is 11.0. The SMILES string of the molecule is O=C(NC[C@@](Cc1ccccc1)(c1cc(F)cc(OC(F)(F)C(F)F)c1)c1ccc(Cl)cn1)C1CCC1. The van der Waals surface area contributed by atoms with Gasteiger partial charge in [-0.05, 0) is 54.7 Å². The van der Waals surface area contributed by atoms with Crippen molar-refractivity contribution in [1.29, 1.82) is 0 Å². The lowest BCUT2D eigenvalue weighted by Crippen LogP contribution is -2.46. The average molecular weight is 539 g/mol. The van der Waals surface area contributed by atoms with Gasteiger partial charge in [0, 0.05) is 24.7 Å². The highest BCUT2D eigenvalue weighted by Gasteiger charge is 2.45. The normalized spacial score (nSPS) is 15.6. The van der Waals surface area contributed by atoms with Gasteiger partial charge in [-0.3, -0.25) is 9.78 Å². The van der Waals surface area contributed by atoms with Crippen LogP contribution in [-0.4, -0.2) is 30.0 Å². The number of halogens is 6. The van der Waals surface area contributed by atoms with Crippen molar-refractivity contribution in [3.8, 4) is 5.75 Å². The van der Waals surface area contributed by atoms with Crippen LogP contribution in [0, 0.1) is 11.7 Å². The van der Waals surface area contributed by atoms with Crippen molar-refractivity contribution < 1.29 is 31.5 Å². The molecule has 1 aliphatic carbocycles. The number of carbonyl (C=O) groups is 1. The fourth-order valence-electron chi connectivity index (χ4n) is 4.35. The highest BCUT2D eigenvalue weighted by molar-refractivity contribution is 6.30. The molecule has 1 atom stereocenters. The first-order chi connectivity index (χ1) is 17.6. The fraction of sp³-hybridized carbons (Fsp3) is 0.333. The van der Waals surface area contributed by atoms with Gasteiger partial charge >= 0.3 is 12.5 Å². The van der Waals surface area contributed by atoms with Gasteiger partial charge in [0.2, 0.25) is 5.91 Å². The van der Waals surface area contributed by atoms with Crippen LogP contribution in [0.25, 0.3) is 0 Å². The number of hydrogen-bond donors (Lipinski definition) is 1. The smallest absolute Gasteiger partial charge is 0.428 e. The van der Waals surface area contributed by atoms with E-state index in [1.807, 2.05) is 18.2 Å². The van der Waals surface area contributed by atoms with E-state index in [0.29, 0.717) is 16.8 Å². The summed E-state index contributed by atoms with van der Waals surface area (Å²) in [6.07, 6.45) is -4.96. The third-order valence-corrected chi connectivity index (χ3v) is 6.76. The molecule has 0 aliphatic heterocycles. The van der Waals surface area contributed by atoms with Crippen LogP contribution in [0.3, 0.4) is 0 Å². The van der Waals surface area contributed by atoms with Crippen molar-refractivity contribution in [2.45, 2.75) is 43.6 Å². The summed E-state index contributed by atoms with van der Waals surface area (Å²) in [4.78, 5) is 17.2. The van der Waals surface area contributed by atoms with E-state index in [2.05, 4.69) is 15.0 Å². The molecule has 196 valence electrons. The molecular weight excluding hydrogens is 515 g/mol. The van der Waals surface area contributed by atoms with Crippen molar-refractivity contribution >= 4 is 17.5 Å². The second-order valence-electron chi connectivity index (χ2n) is 9.09. The zero-order valence-electron chi connectivity index (χ0n) is 19.6. The number of amides is 1. The fourth-order valence-corrected chi connectivity index (χ4v) is 4.46. The largest absolute Gasteiger partial charge is 0.461 e. The van der Waals surface area contributed by atoms with Gasteiger partial charge in [0.25, 0.3) is 0 Å². The molecule has 0 radical (unpaired) electrons. The summed E-state index contributed by atoms with van der Waals surface area (Å²) >= 11 is 6.05. The number of carbonyl (C=O) groups excluding carboxylic acids is 1. The zero-order valence-corrected chi connectivity index (χ0v) is 20.3. The molecule has 0 spiro atoms. The minimum Gasteiger partial charge on any atom is -0.428 e. The van der Waals surface area contributed by atoms with Gasteiger partial charge in [0.1, 0.15) is 11.6 Å². The Morgan fingerprint density at radius 2 is 1.84 bits per heavy atom. The summed E-state index contributed by atoms with van der Waals surface area (Å²) in [5.74, 6) is -2.09. The standard InChI is InChI=1S/C27H24ClF5N2O2/c28-20-9-10-23(34-15-20)26(14-17-5-2-1-3-6-17,16-35-24(36)18-7-4-8-18)19-11-21(29)13-22(12-19)37-27(32,33)25(30)31/h1-3,5-6,9-13,15,18,25H,4,7-8,14,16H2,(H,35,36)/t26-/m0/s1. The third-order valence-electron chi connectivity index (χ3n) is 6.54. The van der Waals surface area contributed by atoms with Gasteiger partial charge in [-0.1, -0.05) is 48.4 Å². The lowest BCUT2D eigenvalue weighted by molar-refractivity contribution is -0.253. The summed E-state index contributed by atoms with van der Waals surface area (Å²) in [6.45, 7) is -0.0695. The maximum absolute atomic E-state index is 14.8. The lowest BCUT2D eigenvalue weighted by Gasteiger charge is -2.36. The Kier molecular flexibility index (Phi) is 8.02. The summed E-state index contributed by atoms with van der Waals surface area (Å²) in [6, 6.07) is 15.0. The van der Waals surface area contributed by atoms with Crippen LogP contribution in [0.5, 0.6) is 5.75 Å². The molecule has 1 aliphatic rings. The predicted octanol–water partition coefficient (Wildman–Crippen LogP) is 6.56. The maximum atomic E-state index is 14.8. The molecule has 1 aromatic heterocycles. The number of hydrogen-bond acceptors (Lipinski definition) is 3. The van der Waals surface area contributed by atoms with E-state index in [1.165, 1.54) is 6.20 Å². The van der Waals surface area contributed by atoms with Crippen molar-refractivity contribution in [2.24, 2.45) is 5.92 Å². The minimum atomic E-state index is -4.83. The number of nitrogens with one attached hydrogen (secondary N) is 1. The van der Waals surface area contributed by atoms with Crippen LogP contribution < -0.4 is 10.1 Å². The first-order valence-corrected chi connectivity index (χ1v) is 12.1. The molecule has 4 rings (SSSR count). The number of ether oxygens (including phenoxy) is 1. The van der Waals surface area contributed by atoms with E-state index < -0.39 is 29.5 Å². The Bertz CT molecular complexity index is 1220. The third kappa shape index (κ3) is 6.21. The molecule has 0 unspecified atom stereocenters. The highest BCUT2D eigenvalue weighted by atomic mass is 35.5. The van der Waals surface area contributed by atoms with Crippen molar-refractivity contribution in [1.82, 2.24) is 10.3 Å². The van der Waals surface area contributed by atoms with E-state index >= 15 is 0 Å². The Morgan fingerprint density at radius 1 is 1.11 bits per heavy atom. The number of benzene rings is 2. The first kappa shape index (κ1) is 26.9. The monoisotopic (exact) mass is 538 g/mol. The molecule has 2 aromatic carbocycles.